The predicted octanol–water partition coefficient (Wildman–Crippen LogP) is 2.42. The number of carboxylic acids is 1. The first-order valence-corrected chi connectivity index (χ1v) is 7.36. The van der Waals surface area contributed by atoms with E-state index in [4.69, 9.17) is 9.66 Å². The molecule has 0 aliphatic rings. The lowest BCUT2D eigenvalue weighted by Crippen LogP contribution is -2.07. The third kappa shape index (κ3) is 3.39. The second kappa shape index (κ2) is 5.55. The molecule has 0 fully saturated rings. The molecule has 0 amide bonds. The third-order valence-electron chi connectivity index (χ3n) is 2.85. The average molecular weight is 307 g/mol. The fourth-order valence-corrected chi connectivity index (χ4v) is 2.61. The molecular weight excluding hydrogens is 294 g/mol. The molecule has 2 N–H and O–H groups in total. The number of carboxylic acid groups (broad SMARTS) is 1. The van der Waals surface area contributed by atoms with Crippen molar-refractivity contribution >= 4 is 27.3 Å². The van der Waals surface area contributed by atoms with Crippen molar-refractivity contribution in [3.05, 3.63) is 59.7 Å². The number of hydrogen-bond donors (Lipinski definition) is 2. The summed E-state index contributed by atoms with van der Waals surface area (Å²) in [5.74, 6) is -0.875. The molecule has 0 spiro atoms. The lowest BCUT2D eigenvalue weighted by atomic mass is 10.2. The molecule has 110 valence electrons. The maximum absolute atomic E-state index is 10.7. The van der Waals surface area contributed by atoms with Crippen molar-refractivity contribution in [3.63, 3.8) is 0 Å². The topological polar surface area (TPSA) is 96.6 Å². The molecule has 3 aromatic rings. The van der Waals surface area contributed by atoms with Gasteiger partial charge in [-0.25, -0.2) is 8.77 Å². The van der Waals surface area contributed by atoms with Gasteiger partial charge >= 0.3 is 16.3 Å². The molecule has 2 aromatic heterocycles. The summed E-state index contributed by atoms with van der Waals surface area (Å²) >= 11 is 0. The zero-order valence-corrected chi connectivity index (χ0v) is 11.9. The van der Waals surface area contributed by atoms with Gasteiger partial charge in [-0.15, -0.1) is 0 Å². The maximum Gasteiger partial charge on any atom is 0.364 e. The number of aromatic carboxylic acids is 1. The molecule has 0 aliphatic carbocycles. The standard InChI is InChI=1S/C8H8O2.C6H5NO3S/c1-6-2-4-7(5-3-6)8(9)10;8-11(9,10)7-5-1-2-6(7)4-3-5/h2-5H,1H3,(H,9,10);1-4H,(H,8,9,10). The monoisotopic (exact) mass is 307 g/mol. The third-order valence-corrected chi connectivity index (χ3v) is 3.73. The van der Waals surface area contributed by atoms with Crippen molar-refractivity contribution in [3.8, 4) is 0 Å². The first-order valence-electron chi connectivity index (χ1n) is 5.97. The van der Waals surface area contributed by atoms with E-state index in [1.165, 1.54) is 0 Å². The highest BCUT2D eigenvalue weighted by Crippen LogP contribution is 2.18. The van der Waals surface area contributed by atoms with Crippen LogP contribution in [0.1, 0.15) is 15.9 Å². The van der Waals surface area contributed by atoms with Gasteiger partial charge in [0.05, 0.1) is 16.6 Å². The summed E-state index contributed by atoms with van der Waals surface area (Å²) in [4.78, 5) is 10.3. The van der Waals surface area contributed by atoms with E-state index in [0.29, 0.717) is 16.6 Å². The lowest BCUT2D eigenvalue weighted by Gasteiger charge is -1.95. The minimum absolute atomic E-state index is 0.339. The molecule has 0 unspecified atom stereocenters. The number of nitrogens with zero attached hydrogens (tertiary/aromatic N) is 1. The summed E-state index contributed by atoms with van der Waals surface area (Å²) in [6, 6.07) is 13.3. The molecule has 0 atom stereocenters. The van der Waals surface area contributed by atoms with Gasteiger partial charge in [-0.2, -0.15) is 8.42 Å². The van der Waals surface area contributed by atoms with Gasteiger partial charge in [-0.3, -0.25) is 4.55 Å². The normalized spacial score (nSPS) is 11.1. The summed E-state index contributed by atoms with van der Waals surface area (Å²) in [7, 11) is -4.10. The van der Waals surface area contributed by atoms with E-state index in [2.05, 4.69) is 0 Å². The molecule has 0 aliphatic heterocycles. The van der Waals surface area contributed by atoms with Gasteiger partial charge in [-0.1, -0.05) is 17.7 Å². The van der Waals surface area contributed by atoms with E-state index < -0.39 is 16.3 Å². The summed E-state index contributed by atoms with van der Waals surface area (Å²) in [5, 5.41) is 8.48. The van der Waals surface area contributed by atoms with Crippen LogP contribution in [0.25, 0.3) is 11.0 Å². The van der Waals surface area contributed by atoms with Crippen molar-refractivity contribution in [1.29, 1.82) is 0 Å². The molecule has 21 heavy (non-hydrogen) atoms. The number of aromatic nitrogens is 1. The highest BCUT2D eigenvalue weighted by Gasteiger charge is 2.13. The van der Waals surface area contributed by atoms with E-state index >= 15 is 0 Å². The number of rotatable bonds is 2. The van der Waals surface area contributed by atoms with Gasteiger partial charge < -0.3 is 5.11 Å². The molecule has 0 radical (unpaired) electrons. The average Bonchev–Trinajstić information content (AvgIpc) is 2.99. The Morgan fingerprint density at radius 3 is 1.67 bits per heavy atom. The quantitative estimate of drug-likeness (QED) is 0.709. The minimum atomic E-state index is -4.10. The van der Waals surface area contributed by atoms with Crippen LogP contribution in [0.4, 0.5) is 0 Å². The van der Waals surface area contributed by atoms with Crippen molar-refractivity contribution < 1.29 is 22.9 Å². The second-order valence-electron chi connectivity index (χ2n) is 4.43. The van der Waals surface area contributed by atoms with E-state index in [-0.39, 0.29) is 0 Å². The van der Waals surface area contributed by atoms with E-state index in [1.807, 2.05) is 6.92 Å². The summed E-state index contributed by atoms with van der Waals surface area (Å²) < 4.78 is 30.9. The Morgan fingerprint density at radius 2 is 1.38 bits per heavy atom. The van der Waals surface area contributed by atoms with Gasteiger partial charge in [0.15, 0.2) is 0 Å². The molecule has 1 aromatic carbocycles. The lowest BCUT2D eigenvalue weighted by molar-refractivity contribution is 0.0697. The molecule has 7 heteroatoms. The Labute approximate surface area is 121 Å². The van der Waals surface area contributed by atoms with Gasteiger partial charge in [0.1, 0.15) is 0 Å². The Kier molecular flexibility index (Phi) is 3.97. The van der Waals surface area contributed by atoms with Gasteiger partial charge in [-0.05, 0) is 43.3 Å². The van der Waals surface area contributed by atoms with Crippen LogP contribution in [0.2, 0.25) is 0 Å². The van der Waals surface area contributed by atoms with Crippen molar-refractivity contribution in [2.45, 2.75) is 6.92 Å². The highest BCUT2D eigenvalue weighted by molar-refractivity contribution is 7.84. The van der Waals surface area contributed by atoms with E-state index in [9.17, 15) is 13.2 Å². The Bertz CT molecular complexity index is 801. The van der Waals surface area contributed by atoms with Crippen LogP contribution in [0.15, 0.2) is 48.5 Å². The molecule has 2 bridgehead atoms. The first kappa shape index (κ1) is 15.0. The van der Waals surface area contributed by atoms with Gasteiger partial charge in [0.25, 0.3) is 0 Å². The van der Waals surface area contributed by atoms with Gasteiger partial charge in [0.2, 0.25) is 0 Å². The van der Waals surface area contributed by atoms with E-state index in [0.717, 1.165) is 9.54 Å². The SMILES string of the molecule is Cc1ccc(C(=O)O)cc1.O=S(=O)(O)n1c2ccc1cc2. The Balaban J connectivity index is 0.000000155. The van der Waals surface area contributed by atoms with Crippen molar-refractivity contribution in [1.82, 2.24) is 3.97 Å². The Morgan fingerprint density at radius 1 is 0.952 bits per heavy atom. The molecular formula is C14H13NO5S. The van der Waals surface area contributed by atoms with Crippen LogP contribution in [0.3, 0.4) is 0 Å². The number of fused-ring (bicyclic) bond motifs is 2. The van der Waals surface area contributed by atoms with Crippen LogP contribution in [-0.4, -0.2) is 28.0 Å². The highest BCUT2D eigenvalue weighted by atomic mass is 32.2. The summed E-state index contributed by atoms with van der Waals surface area (Å²) in [6.07, 6.45) is 0. The molecule has 3 rings (SSSR count). The van der Waals surface area contributed by atoms with Crippen molar-refractivity contribution in [2.24, 2.45) is 0 Å². The zero-order chi connectivity index (χ0) is 15.6. The van der Waals surface area contributed by atoms with Crippen molar-refractivity contribution in [2.75, 3.05) is 0 Å². The first-order chi connectivity index (χ1) is 9.79. The van der Waals surface area contributed by atoms with Crippen LogP contribution in [0.5, 0.6) is 0 Å². The van der Waals surface area contributed by atoms with E-state index in [1.54, 1.807) is 48.5 Å². The van der Waals surface area contributed by atoms with Crippen LogP contribution in [-0.2, 0) is 10.3 Å². The van der Waals surface area contributed by atoms with Crippen LogP contribution >= 0.6 is 0 Å². The fraction of sp³-hybridized carbons (Fsp3) is 0.0714. The predicted molar refractivity (Wildman–Crippen MR) is 78.2 cm³/mol. The summed E-state index contributed by atoms with van der Waals surface area (Å²) in [6.45, 7) is 1.92. The largest absolute Gasteiger partial charge is 0.478 e. The molecule has 0 saturated carbocycles. The molecule has 6 nitrogen and oxygen atoms in total. The maximum atomic E-state index is 10.7. The number of carbonyl (C=O) groups is 1. The number of aryl methyl sites for hydroxylation is 1. The number of benzene rings is 2. The van der Waals surface area contributed by atoms with Crippen LogP contribution in [0, 0.1) is 6.92 Å². The van der Waals surface area contributed by atoms with Crippen LogP contribution < -0.4 is 0 Å². The Hall–Kier alpha value is -2.38. The minimum Gasteiger partial charge on any atom is -0.478 e. The zero-order valence-electron chi connectivity index (χ0n) is 11.1. The number of hydrogen-bond acceptors (Lipinski definition) is 3. The van der Waals surface area contributed by atoms with Gasteiger partial charge in [0, 0.05) is 0 Å². The molecule has 0 saturated heterocycles. The fourth-order valence-electron chi connectivity index (χ4n) is 1.84. The summed E-state index contributed by atoms with van der Waals surface area (Å²) in [5.41, 5.74) is 2.39. The molecule has 2 heterocycles. The smallest absolute Gasteiger partial charge is 0.364 e. The second-order valence-corrected chi connectivity index (χ2v) is 5.69.